The number of anilines is 1. The quantitative estimate of drug-likeness (QED) is 0.387. The molecule has 2 amide bonds. The van der Waals surface area contributed by atoms with Crippen LogP contribution in [-0.2, 0) is 6.42 Å². The average Bonchev–Trinajstić information content (AvgIpc) is 3.52. The minimum Gasteiger partial charge on any atom is -0.390 e. The van der Waals surface area contributed by atoms with Crippen molar-refractivity contribution in [1.29, 1.82) is 0 Å². The van der Waals surface area contributed by atoms with Crippen molar-refractivity contribution in [2.24, 2.45) is 5.92 Å². The van der Waals surface area contributed by atoms with Crippen molar-refractivity contribution < 1.29 is 14.7 Å². The van der Waals surface area contributed by atoms with E-state index in [1.54, 1.807) is 24.3 Å². The maximum absolute atomic E-state index is 13.1. The molecule has 2 heterocycles. The Morgan fingerprint density at radius 2 is 1.92 bits per heavy atom. The summed E-state index contributed by atoms with van der Waals surface area (Å²) >= 11 is 0. The smallest absolute Gasteiger partial charge is 0.273 e. The molecule has 1 saturated heterocycles. The molecule has 204 valence electrons. The fourth-order valence-electron chi connectivity index (χ4n) is 5.43. The van der Waals surface area contributed by atoms with Gasteiger partial charge in [0.15, 0.2) is 11.5 Å². The van der Waals surface area contributed by atoms with Gasteiger partial charge < -0.3 is 21.5 Å². The van der Waals surface area contributed by atoms with Gasteiger partial charge in [-0.05, 0) is 62.9 Å². The van der Waals surface area contributed by atoms with E-state index in [9.17, 15) is 14.7 Å². The molecule has 2 aliphatic rings. The summed E-state index contributed by atoms with van der Waals surface area (Å²) in [5, 5.41) is 16.5. The standard InChI is InChI=1S/C30H36N6O3/c1-30(2,3)36-12-11-18(17-36)15-33-29(39)26-27(31)32-16-23(34-26)20-8-6-9-21(13-20)28(38)35-25-22-10-5-4-7-19(22)14-24(25)37/h4-10,13,16,18,24-25,37H,11-12,14-15,17H2,1-3H3,(H2,31,32)(H,33,39)(H,35,38)/t18-,24+,25-/m1/s1. The van der Waals surface area contributed by atoms with Crippen LogP contribution in [0.25, 0.3) is 11.3 Å². The van der Waals surface area contributed by atoms with Gasteiger partial charge in [0.1, 0.15) is 0 Å². The zero-order chi connectivity index (χ0) is 27.7. The monoisotopic (exact) mass is 528 g/mol. The second-order valence-corrected chi connectivity index (χ2v) is 11.5. The number of nitrogens with one attached hydrogen (secondary N) is 2. The molecule has 3 atom stereocenters. The molecule has 5 N–H and O–H groups in total. The number of nitrogens with zero attached hydrogens (tertiary/aromatic N) is 3. The number of nitrogen functional groups attached to an aromatic ring is 1. The molecule has 0 unspecified atom stereocenters. The fourth-order valence-corrected chi connectivity index (χ4v) is 5.43. The van der Waals surface area contributed by atoms with Gasteiger partial charge in [-0.2, -0.15) is 0 Å². The van der Waals surface area contributed by atoms with E-state index in [2.05, 4.69) is 46.3 Å². The summed E-state index contributed by atoms with van der Waals surface area (Å²) in [6, 6.07) is 14.2. The van der Waals surface area contributed by atoms with Gasteiger partial charge >= 0.3 is 0 Å². The summed E-state index contributed by atoms with van der Waals surface area (Å²) in [6.07, 6.45) is 2.34. The summed E-state index contributed by atoms with van der Waals surface area (Å²) in [5.74, 6) is -0.244. The Bertz CT molecular complexity index is 1390. The molecule has 5 rings (SSSR count). The fraction of sp³-hybridized carbons (Fsp3) is 0.400. The van der Waals surface area contributed by atoms with Gasteiger partial charge in [-0.15, -0.1) is 0 Å². The molecule has 1 aliphatic carbocycles. The summed E-state index contributed by atoms with van der Waals surface area (Å²) < 4.78 is 0. The molecule has 39 heavy (non-hydrogen) atoms. The van der Waals surface area contributed by atoms with Crippen LogP contribution in [0.4, 0.5) is 5.82 Å². The van der Waals surface area contributed by atoms with Crippen molar-refractivity contribution in [1.82, 2.24) is 25.5 Å². The molecule has 1 fully saturated rings. The van der Waals surface area contributed by atoms with Crippen molar-refractivity contribution in [2.75, 3.05) is 25.4 Å². The highest BCUT2D eigenvalue weighted by Crippen LogP contribution is 2.31. The van der Waals surface area contributed by atoms with Gasteiger partial charge in [-0.1, -0.05) is 36.4 Å². The first-order valence-electron chi connectivity index (χ1n) is 13.4. The lowest BCUT2D eigenvalue weighted by Gasteiger charge is -2.31. The van der Waals surface area contributed by atoms with E-state index < -0.39 is 12.1 Å². The molecular formula is C30H36N6O3. The molecule has 0 spiro atoms. The van der Waals surface area contributed by atoms with Crippen LogP contribution in [0, 0.1) is 5.92 Å². The average molecular weight is 529 g/mol. The molecule has 3 aromatic rings. The van der Waals surface area contributed by atoms with E-state index >= 15 is 0 Å². The van der Waals surface area contributed by atoms with Gasteiger partial charge in [0, 0.05) is 36.2 Å². The Morgan fingerprint density at radius 3 is 2.69 bits per heavy atom. The van der Waals surface area contributed by atoms with Crippen LogP contribution in [0.3, 0.4) is 0 Å². The van der Waals surface area contributed by atoms with E-state index in [4.69, 9.17) is 5.73 Å². The topological polar surface area (TPSA) is 133 Å². The van der Waals surface area contributed by atoms with E-state index in [0.717, 1.165) is 30.6 Å². The number of rotatable bonds is 6. The number of aromatic nitrogens is 2. The van der Waals surface area contributed by atoms with Crippen LogP contribution < -0.4 is 16.4 Å². The number of benzene rings is 2. The maximum Gasteiger partial charge on any atom is 0.273 e. The van der Waals surface area contributed by atoms with Crippen molar-refractivity contribution >= 4 is 17.6 Å². The van der Waals surface area contributed by atoms with Gasteiger partial charge in [-0.3, -0.25) is 14.5 Å². The van der Waals surface area contributed by atoms with Crippen LogP contribution in [0.15, 0.2) is 54.7 Å². The Morgan fingerprint density at radius 1 is 1.13 bits per heavy atom. The number of likely N-dealkylation sites (tertiary alicyclic amines) is 1. The molecular weight excluding hydrogens is 492 g/mol. The first-order valence-corrected chi connectivity index (χ1v) is 13.4. The summed E-state index contributed by atoms with van der Waals surface area (Å²) in [5.41, 5.74) is 9.65. The number of aliphatic hydroxyl groups is 1. The van der Waals surface area contributed by atoms with Gasteiger partial charge in [-0.25, -0.2) is 9.97 Å². The molecule has 2 aromatic carbocycles. The zero-order valence-electron chi connectivity index (χ0n) is 22.6. The lowest BCUT2D eigenvalue weighted by molar-refractivity contribution is 0.0857. The third kappa shape index (κ3) is 5.79. The van der Waals surface area contributed by atoms with E-state index in [-0.39, 0.29) is 28.9 Å². The summed E-state index contributed by atoms with van der Waals surface area (Å²) in [6.45, 7) is 9.09. The molecule has 0 radical (unpaired) electrons. The Balaban J connectivity index is 1.27. The SMILES string of the molecule is CC(C)(C)N1CC[C@H](CNC(=O)c2nc(-c3cccc(C(=O)N[C@@H]4c5ccccc5C[C@@H]4O)c3)cnc2N)C1. The highest BCUT2D eigenvalue weighted by molar-refractivity contribution is 5.97. The lowest BCUT2D eigenvalue weighted by atomic mass is 10.1. The van der Waals surface area contributed by atoms with Crippen molar-refractivity contribution in [3.63, 3.8) is 0 Å². The van der Waals surface area contributed by atoms with Crippen molar-refractivity contribution in [3.05, 3.63) is 77.1 Å². The Kier molecular flexibility index (Phi) is 7.38. The van der Waals surface area contributed by atoms with Gasteiger partial charge in [0.25, 0.3) is 11.8 Å². The molecule has 9 heteroatoms. The predicted octanol–water partition coefficient (Wildman–Crippen LogP) is 2.96. The first kappa shape index (κ1) is 26.8. The van der Waals surface area contributed by atoms with E-state index in [1.165, 1.54) is 6.20 Å². The second-order valence-electron chi connectivity index (χ2n) is 11.5. The van der Waals surface area contributed by atoms with Crippen LogP contribution in [0.2, 0.25) is 0 Å². The molecule has 9 nitrogen and oxygen atoms in total. The lowest BCUT2D eigenvalue weighted by Crippen LogP contribution is -2.40. The number of carbonyl (C=O) groups excluding carboxylic acids is 2. The van der Waals surface area contributed by atoms with Gasteiger partial charge in [0.2, 0.25) is 0 Å². The predicted molar refractivity (Wildman–Crippen MR) is 150 cm³/mol. The van der Waals surface area contributed by atoms with Crippen LogP contribution in [0.1, 0.15) is 65.2 Å². The molecule has 1 aliphatic heterocycles. The highest BCUT2D eigenvalue weighted by atomic mass is 16.3. The number of nitrogens with two attached hydrogens (primary N) is 1. The third-order valence-electron chi connectivity index (χ3n) is 7.71. The minimum atomic E-state index is -0.681. The second kappa shape index (κ2) is 10.7. The van der Waals surface area contributed by atoms with Crippen molar-refractivity contribution in [2.45, 2.75) is 51.3 Å². The number of fused-ring (bicyclic) bond motifs is 1. The third-order valence-corrected chi connectivity index (χ3v) is 7.71. The number of amides is 2. The number of hydrogen-bond acceptors (Lipinski definition) is 7. The minimum absolute atomic E-state index is 0.0572. The highest BCUT2D eigenvalue weighted by Gasteiger charge is 2.32. The normalized spacial score (nSPS) is 21.0. The number of aliphatic hydroxyl groups excluding tert-OH is 1. The molecule has 0 bridgehead atoms. The summed E-state index contributed by atoms with van der Waals surface area (Å²) in [7, 11) is 0. The Hall–Kier alpha value is -3.82. The molecule has 0 saturated carbocycles. The maximum atomic E-state index is 13.1. The van der Waals surface area contributed by atoms with Crippen LogP contribution in [-0.4, -0.2) is 63.1 Å². The zero-order valence-corrected chi connectivity index (χ0v) is 22.6. The van der Waals surface area contributed by atoms with Crippen molar-refractivity contribution in [3.8, 4) is 11.3 Å². The summed E-state index contributed by atoms with van der Waals surface area (Å²) in [4.78, 5) is 37.2. The van der Waals surface area contributed by atoms with E-state index in [0.29, 0.717) is 35.7 Å². The van der Waals surface area contributed by atoms with Crippen LogP contribution >= 0.6 is 0 Å². The number of hydrogen-bond donors (Lipinski definition) is 4. The first-order chi connectivity index (χ1) is 18.6. The van der Waals surface area contributed by atoms with E-state index in [1.807, 2.05) is 24.3 Å². The number of carbonyl (C=O) groups is 2. The van der Waals surface area contributed by atoms with Crippen LogP contribution in [0.5, 0.6) is 0 Å². The Labute approximate surface area is 228 Å². The van der Waals surface area contributed by atoms with Gasteiger partial charge in [0.05, 0.1) is 24.0 Å². The molecule has 1 aromatic heterocycles. The largest absolute Gasteiger partial charge is 0.390 e.